The molecule has 0 saturated heterocycles. The molecule has 2 fully saturated rings. The molecule has 0 N–H and O–H groups in total. The Morgan fingerprint density at radius 2 is 0.827 bits per heavy atom. The van der Waals surface area contributed by atoms with Crippen molar-refractivity contribution in [3.05, 3.63) is 253 Å². The van der Waals surface area contributed by atoms with Gasteiger partial charge in [-0.2, -0.15) is 0 Å². The highest BCUT2D eigenvalue weighted by molar-refractivity contribution is 6.10. The summed E-state index contributed by atoms with van der Waals surface area (Å²) in [4.78, 5) is 2.47. The van der Waals surface area contributed by atoms with Crippen molar-refractivity contribution in [2.75, 3.05) is 4.90 Å². The molecule has 2 heteroatoms. The Kier molecular flexibility index (Phi) is 11.3. The van der Waals surface area contributed by atoms with Gasteiger partial charge in [0, 0.05) is 38.8 Å². The van der Waals surface area contributed by atoms with Gasteiger partial charge in [-0.25, -0.2) is 0 Å². The zero-order valence-electron chi connectivity index (χ0n) is 43.1. The van der Waals surface area contributed by atoms with E-state index < -0.39 is 0 Å². The largest absolute Gasteiger partial charge is 0.310 e. The number of benzene rings is 10. The molecule has 10 aromatic carbocycles. The van der Waals surface area contributed by atoms with Crippen LogP contribution in [0.1, 0.15) is 99.3 Å². The third-order valence-electron chi connectivity index (χ3n) is 17.5. The van der Waals surface area contributed by atoms with E-state index in [4.69, 9.17) is 0 Å². The molecule has 0 atom stereocenters. The Hall–Kier alpha value is -8.20. The maximum atomic E-state index is 2.54. The molecule has 0 amide bonds. The van der Waals surface area contributed by atoms with E-state index >= 15 is 0 Å². The summed E-state index contributed by atoms with van der Waals surface area (Å²) in [6.07, 6.45) is 10.7. The summed E-state index contributed by atoms with van der Waals surface area (Å²) < 4.78 is 2.51. The maximum Gasteiger partial charge on any atom is 0.0541 e. The van der Waals surface area contributed by atoms with Crippen molar-refractivity contribution in [3.8, 4) is 61.3 Å². The Balaban J connectivity index is 0.793. The minimum atomic E-state index is -0.130. The van der Waals surface area contributed by atoms with Crippen LogP contribution in [0.3, 0.4) is 0 Å². The van der Waals surface area contributed by atoms with Gasteiger partial charge in [-0.1, -0.05) is 203 Å². The van der Waals surface area contributed by atoms with E-state index in [9.17, 15) is 0 Å². The average Bonchev–Trinajstić information content (AvgIpc) is 4.34. The van der Waals surface area contributed by atoms with Crippen molar-refractivity contribution in [2.24, 2.45) is 0 Å². The molecule has 0 unspecified atom stereocenters. The first-order chi connectivity index (χ1) is 36.9. The van der Waals surface area contributed by atoms with Crippen LogP contribution in [0.15, 0.2) is 231 Å². The number of hydrogen-bond donors (Lipinski definition) is 0. The van der Waals surface area contributed by atoms with Crippen LogP contribution in [0.2, 0.25) is 0 Å². The number of fused-ring (bicyclic) bond motifs is 6. The second-order valence-electron chi connectivity index (χ2n) is 22.2. The molecule has 2 nitrogen and oxygen atoms in total. The van der Waals surface area contributed by atoms with Crippen molar-refractivity contribution < 1.29 is 0 Å². The molecule has 1 heterocycles. The van der Waals surface area contributed by atoms with Crippen LogP contribution >= 0.6 is 0 Å². The molecule has 364 valence electrons. The van der Waals surface area contributed by atoms with Crippen LogP contribution in [0.5, 0.6) is 0 Å². The van der Waals surface area contributed by atoms with E-state index in [-0.39, 0.29) is 5.41 Å². The summed E-state index contributed by atoms with van der Waals surface area (Å²) in [6, 6.07) is 86.8. The number of anilines is 3. The molecule has 1 aromatic heterocycles. The molecule has 0 aliphatic heterocycles. The quantitative estimate of drug-likeness (QED) is 0.133. The van der Waals surface area contributed by atoms with Gasteiger partial charge in [0.05, 0.1) is 16.7 Å². The fraction of sp³-hybridized carbons (Fsp3) is 0.178. The number of aromatic nitrogens is 1. The first-order valence-corrected chi connectivity index (χ1v) is 27.6. The Morgan fingerprint density at radius 3 is 1.43 bits per heavy atom. The van der Waals surface area contributed by atoms with E-state index in [1.807, 2.05) is 0 Å². The monoisotopic (exact) mass is 966 g/mol. The highest BCUT2D eigenvalue weighted by atomic mass is 15.1. The molecular weight excluding hydrogens is 905 g/mol. The van der Waals surface area contributed by atoms with Crippen LogP contribution in [-0.4, -0.2) is 4.57 Å². The zero-order valence-corrected chi connectivity index (χ0v) is 43.1. The van der Waals surface area contributed by atoms with Crippen LogP contribution in [0.4, 0.5) is 17.1 Å². The lowest BCUT2D eigenvalue weighted by atomic mass is 9.82. The number of hydrogen-bond acceptors (Lipinski definition) is 1. The van der Waals surface area contributed by atoms with Crippen molar-refractivity contribution >= 4 is 38.9 Å². The minimum Gasteiger partial charge on any atom is -0.310 e. The Labute approximate surface area is 442 Å². The molecule has 3 aliphatic carbocycles. The van der Waals surface area contributed by atoms with Gasteiger partial charge >= 0.3 is 0 Å². The topological polar surface area (TPSA) is 8.17 Å². The number of rotatable bonds is 10. The summed E-state index contributed by atoms with van der Waals surface area (Å²) in [6.45, 7) is 4.74. The maximum absolute atomic E-state index is 2.54. The molecule has 75 heavy (non-hydrogen) atoms. The van der Waals surface area contributed by atoms with Gasteiger partial charge in [0.2, 0.25) is 0 Å². The molecule has 14 rings (SSSR count). The predicted molar refractivity (Wildman–Crippen MR) is 317 cm³/mol. The number of para-hydroxylation sites is 1. The smallest absolute Gasteiger partial charge is 0.0541 e. The summed E-state index contributed by atoms with van der Waals surface area (Å²) in [7, 11) is 0. The molecule has 3 aliphatic rings. The van der Waals surface area contributed by atoms with Crippen LogP contribution in [-0.2, 0) is 5.41 Å². The first-order valence-electron chi connectivity index (χ1n) is 27.6. The second-order valence-corrected chi connectivity index (χ2v) is 22.2. The molecular formula is C73H62N2. The summed E-state index contributed by atoms with van der Waals surface area (Å²) in [5, 5.41) is 2.81. The minimum absolute atomic E-state index is 0.130. The normalized spacial score (nSPS) is 15.2. The van der Waals surface area contributed by atoms with Crippen molar-refractivity contribution in [2.45, 2.75) is 82.5 Å². The van der Waals surface area contributed by atoms with Gasteiger partial charge in [-0.15, -0.1) is 0 Å². The molecule has 11 aromatic rings. The lowest BCUT2D eigenvalue weighted by Crippen LogP contribution is -2.17. The van der Waals surface area contributed by atoms with Crippen molar-refractivity contribution in [1.82, 2.24) is 4.57 Å². The van der Waals surface area contributed by atoms with E-state index in [0.717, 1.165) is 17.1 Å². The van der Waals surface area contributed by atoms with Gasteiger partial charge < -0.3 is 9.47 Å². The molecule has 2 saturated carbocycles. The lowest BCUT2D eigenvalue weighted by Gasteiger charge is -2.30. The standard InChI is InChI=1S/C73H62N2/c1-73(2)68-26-14-12-24-63(68)64-43-42-60(48-69(64)73)74(70-27-15-13-25-65(70)62-23-11-10-22-61(62)55-20-4-3-5-21-55)58-38-32-53(33-39-58)51-28-30-52(31-29-51)54-34-40-59(41-35-54)75-71-44-36-56(49-16-6-7-17-49)46-66(71)67-47-57(37-45-72(67)75)50-18-8-9-19-50/h3-5,10-15,20-50H,6-9,16-19H2,1-2H3. The molecule has 0 bridgehead atoms. The van der Waals surface area contributed by atoms with Crippen LogP contribution in [0.25, 0.3) is 83.1 Å². The van der Waals surface area contributed by atoms with E-state index in [0.29, 0.717) is 11.8 Å². The Bertz CT molecular complexity index is 3830. The molecule has 0 spiro atoms. The second kappa shape index (κ2) is 18.6. The third kappa shape index (κ3) is 7.93. The third-order valence-corrected chi connectivity index (χ3v) is 17.5. The van der Waals surface area contributed by atoms with E-state index in [1.165, 1.54) is 157 Å². The SMILES string of the molecule is CC1(C)c2ccccc2-c2ccc(N(c3ccc(-c4ccc(-c5ccc(-n6c7ccc(C8CCCC8)cc7c7cc(C8CCCC8)ccc76)cc5)cc4)cc3)c3ccccc3-c3ccccc3-c3ccccc3)cc21. The zero-order chi connectivity index (χ0) is 50.0. The Morgan fingerprint density at radius 1 is 0.360 bits per heavy atom. The summed E-state index contributed by atoms with van der Waals surface area (Å²) in [5.74, 6) is 1.38. The van der Waals surface area contributed by atoms with E-state index in [2.05, 4.69) is 254 Å². The van der Waals surface area contributed by atoms with Gasteiger partial charge in [0.25, 0.3) is 0 Å². The van der Waals surface area contributed by atoms with Crippen LogP contribution in [0, 0.1) is 0 Å². The first kappa shape index (κ1) is 45.4. The van der Waals surface area contributed by atoms with Gasteiger partial charge in [-0.05, 0) is 177 Å². The highest BCUT2D eigenvalue weighted by Gasteiger charge is 2.36. The van der Waals surface area contributed by atoms with Crippen molar-refractivity contribution in [1.29, 1.82) is 0 Å². The fourth-order valence-corrected chi connectivity index (χ4v) is 13.6. The molecule has 0 radical (unpaired) electrons. The summed E-state index contributed by atoms with van der Waals surface area (Å²) in [5.41, 5.74) is 25.2. The van der Waals surface area contributed by atoms with Crippen LogP contribution < -0.4 is 4.90 Å². The fourth-order valence-electron chi connectivity index (χ4n) is 13.6. The highest BCUT2D eigenvalue weighted by Crippen LogP contribution is 2.52. The van der Waals surface area contributed by atoms with E-state index in [1.54, 1.807) is 0 Å². The average molecular weight is 967 g/mol. The van der Waals surface area contributed by atoms with Gasteiger partial charge in [0.1, 0.15) is 0 Å². The van der Waals surface area contributed by atoms with Crippen molar-refractivity contribution in [3.63, 3.8) is 0 Å². The number of nitrogens with zero attached hydrogens (tertiary/aromatic N) is 2. The van der Waals surface area contributed by atoms with Gasteiger partial charge in [-0.3, -0.25) is 0 Å². The summed E-state index contributed by atoms with van der Waals surface area (Å²) >= 11 is 0. The lowest BCUT2D eigenvalue weighted by molar-refractivity contribution is 0.660. The predicted octanol–water partition coefficient (Wildman–Crippen LogP) is 20.5. The van der Waals surface area contributed by atoms with Gasteiger partial charge in [0.15, 0.2) is 0 Å².